The minimum absolute atomic E-state index is 0.0331. The van der Waals surface area contributed by atoms with E-state index in [4.69, 9.17) is 4.74 Å². The van der Waals surface area contributed by atoms with Crippen molar-refractivity contribution < 1.29 is 19.4 Å². The lowest BCUT2D eigenvalue weighted by atomic mass is 10.1. The Morgan fingerprint density at radius 3 is 2.59 bits per heavy atom. The zero-order chi connectivity index (χ0) is 16.1. The van der Waals surface area contributed by atoms with Crippen LogP contribution in [0.25, 0.3) is 0 Å². The summed E-state index contributed by atoms with van der Waals surface area (Å²) in [5, 5.41) is 12.0. The Hall–Kier alpha value is -2.82. The Kier molecular flexibility index (Phi) is 4.78. The number of hydrogen-bond acceptors (Lipinski definition) is 4. The molecule has 22 heavy (non-hydrogen) atoms. The number of esters is 1. The molecule has 0 atom stereocenters. The molecule has 0 radical (unpaired) electrons. The summed E-state index contributed by atoms with van der Waals surface area (Å²) >= 11 is 0. The average Bonchev–Trinajstić information content (AvgIpc) is 2.49. The first-order valence-corrected chi connectivity index (χ1v) is 6.79. The fourth-order valence-electron chi connectivity index (χ4n) is 1.92. The van der Waals surface area contributed by atoms with E-state index < -0.39 is 11.9 Å². The van der Waals surface area contributed by atoms with E-state index in [1.165, 1.54) is 24.3 Å². The molecule has 2 N–H and O–H groups in total. The van der Waals surface area contributed by atoms with E-state index in [1.54, 1.807) is 6.07 Å². The van der Waals surface area contributed by atoms with Gasteiger partial charge in [0.2, 0.25) is 0 Å². The van der Waals surface area contributed by atoms with Crippen molar-refractivity contribution in [2.24, 2.45) is 0 Å². The summed E-state index contributed by atoms with van der Waals surface area (Å²) in [5.41, 5.74) is 2.92. The van der Waals surface area contributed by atoms with Crippen molar-refractivity contribution in [3.63, 3.8) is 0 Å². The first-order valence-electron chi connectivity index (χ1n) is 6.79. The van der Waals surface area contributed by atoms with Crippen LogP contribution in [0.2, 0.25) is 0 Å². The number of carbonyl (C=O) groups is 2. The fourth-order valence-corrected chi connectivity index (χ4v) is 1.92. The zero-order valence-electron chi connectivity index (χ0n) is 12.4. The summed E-state index contributed by atoms with van der Waals surface area (Å²) < 4.78 is 4.93. The molecule has 2 rings (SSSR count). The van der Waals surface area contributed by atoms with Crippen LogP contribution in [-0.4, -0.2) is 23.6 Å². The predicted molar refractivity (Wildman–Crippen MR) is 82.9 cm³/mol. The van der Waals surface area contributed by atoms with E-state index in [0.717, 1.165) is 11.1 Å². The molecule has 0 heterocycles. The molecule has 5 heteroatoms. The molecule has 0 unspecified atom stereocenters. The van der Waals surface area contributed by atoms with Gasteiger partial charge in [-0.15, -0.1) is 0 Å². The van der Waals surface area contributed by atoms with Crippen molar-refractivity contribution in [3.8, 4) is 5.75 Å². The first kappa shape index (κ1) is 15.6. The van der Waals surface area contributed by atoms with Gasteiger partial charge in [0, 0.05) is 5.69 Å². The number of carbonyl (C=O) groups excluding carboxylic acids is 2. The van der Waals surface area contributed by atoms with Crippen molar-refractivity contribution in [3.05, 3.63) is 59.2 Å². The molecule has 5 nitrogen and oxygen atoms in total. The number of anilines is 1. The van der Waals surface area contributed by atoms with Gasteiger partial charge in [0.15, 0.2) is 6.61 Å². The first-order chi connectivity index (χ1) is 10.5. The highest BCUT2D eigenvalue weighted by atomic mass is 16.5. The Bertz CT molecular complexity index is 710. The zero-order valence-corrected chi connectivity index (χ0v) is 12.4. The topological polar surface area (TPSA) is 75.6 Å². The lowest BCUT2D eigenvalue weighted by molar-refractivity contribution is -0.119. The van der Waals surface area contributed by atoms with E-state index in [9.17, 15) is 14.7 Å². The summed E-state index contributed by atoms with van der Waals surface area (Å²) in [4.78, 5) is 23.6. The van der Waals surface area contributed by atoms with Crippen LogP contribution in [0.5, 0.6) is 5.75 Å². The summed E-state index contributed by atoms with van der Waals surface area (Å²) in [5.74, 6) is -1.11. The molecular weight excluding hydrogens is 282 g/mol. The standard InChI is InChI=1S/C17H17NO4/c1-11-5-3-8-15(12(11)2)18-16(20)10-22-17(21)13-6-4-7-14(19)9-13/h3-9,19H,10H2,1-2H3,(H,18,20). The number of phenolic OH excluding ortho intramolecular Hbond substituents is 1. The Balaban J connectivity index is 1.93. The third kappa shape index (κ3) is 3.85. The van der Waals surface area contributed by atoms with Crippen LogP contribution in [-0.2, 0) is 9.53 Å². The lowest BCUT2D eigenvalue weighted by Crippen LogP contribution is -2.21. The molecule has 2 aromatic carbocycles. The second-order valence-electron chi connectivity index (χ2n) is 4.92. The molecule has 114 valence electrons. The second kappa shape index (κ2) is 6.76. The molecule has 0 fully saturated rings. The van der Waals surface area contributed by atoms with Crippen LogP contribution in [0.4, 0.5) is 5.69 Å². The van der Waals surface area contributed by atoms with Gasteiger partial charge in [-0.1, -0.05) is 18.2 Å². The number of aromatic hydroxyl groups is 1. The smallest absolute Gasteiger partial charge is 0.338 e. The molecule has 0 aliphatic heterocycles. The molecule has 0 aromatic heterocycles. The Morgan fingerprint density at radius 2 is 1.86 bits per heavy atom. The highest BCUT2D eigenvalue weighted by Crippen LogP contribution is 2.18. The van der Waals surface area contributed by atoms with Gasteiger partial charge in [0.05, 0.1) is 5.56 Å². The third-order valence-electron chi connectivity index (χ3n) is 3.29. The number of phenols is 1. The van der Waals surface area contributed by atoms with Crippen molar-refractivity contribution in [2.45, 2.75) is 13.8 Å². The van der Waals surface area contributed by atoms with Crippen molar-refractivity contribution in [2.75, 3.05) is 11.9 Å². The van der Waals surface area contributed by atoms with Crippen LogP contribution < -0.4 is 5.32 Å². The van der Waals surface area contributed by atoms with E-state index in [1.807, 2.05) is 26.0 Å². The van der Waals surface area contributed by atoms with E-state index in [-0.39, 0.29) is 17.9 Å². The largest absolute Gasteiger partial charge is 0.508 e. The number of ether oxygens (including phenoxy) is 1. The Morgan fingerprint density at radius 1 is 1.14 bits per heavy atom. The molecule has 0 saturated carbocycles. The molecule has 0 bridgehead atoms. The van der Waals surface area contributed by atoms with E-state index >= 15 is 0 Å². The number of aryl methyl sites for hydroxylation is 1. The van der Waals surface area contributed by atoms with Gasteiger partial charge in [0.1, 0.15) is 5.75 Å². The minimum Gasteiger partial charge on any atom is -0.508 e. The summed E-state index contributed by atoms with van der Waals surface area (Å²) in [6.45, 7) is 3.47. The van der Waals surface area contributed by atoms with Crippen molar-refractivity contribution in [1.29, 1.82) is 0 Å². The number of amides is 1. The highest BCUT2D eigenvalue weighted by molar-refractivity contribution is 5.96. The lowest BCUT2D eigenvalue weighted by Gasteiger charge is -2.10. The average molecular weight is 299 g/mol. The quantitative estimate of drug-likeness (QED) is 0.851. The number of nitrogens with one attached hydrogen (secondary N) is 1. The van der Waals surface area contributed by atoms with Crippen LogP contribution in [0, 0.1) is 13.8 Å². The summed E-state index contributed by atoms with van der Waals surface area (Å²) in [6, 6.07) is 11.3. The van der Waals surface area contributed by atoms with Gasteiger partial charge < -0.3 is 15.2 Å². The van der Waals surface area contributed by atoms with Gasteiger partial charge >= 0.3 is 5.97 Å². The van der Waals surface area contributed by atoms with Crippen molar-refractivity contribution >= 4 is 17.6 Å². The van der Waals surface area contributed by atoms with E-state index in [0.29, 0.717) is 5.69 Å². The van der Waals surface area contributed by atoms with Crippen LogP contribution in [0.1, 0.15) is 21.5 Å². The molecule has 0 spiro atoms. The molecule has 0 saturated heterocycles. The third-order valence-corrected chi connectivity index (χ3v) is 3.29. The van der Waals surface area contributed by atoms with Gasteiger partial charge in [0.25, 0.3) is 5.91 Å². The second-order valence-corrected chi connectivity index (χ2v) is 4.92. The maximum Gasteiger partial charge on any atom is 0.338 e. The van der Waals surface area contributed by atoms with Crippen LogP contribution in [0.15, 0.2) is 42.5 Å². The molecule has 1 amide bonds. The normalized spacial score (nSPS) is 10.1. The molecule has 0 aliphatic rings. The maximum atomic E-state index is 11.8. The molecule has 2 aromatic rings. The van der Waals surface area contributed by atoms with Crippen molar-refractivity contribution in [1.82, 2.24) is 0 Å². The maximum absolute atomic E-state index is 11.8. The number of hydrogen-bond donors (Lipinski definition) is 2. The fraction of sp³-hybridized carbons (Fsp3) is 0.176. The highest BCUT2D eigenvalue weighted by Gasteiger charge is 2.11. The van der Waals surface area contributed by atoms with Gasteiger partial charge in [-0.25, -0.2) is 4.79 Å². The molecule has 0 aliphatic carbocycles. The molecular formula is C17H17NO4. The van der Waals surface area contributed by atoms with Gasteiger partial charge in [-0.2, -0.15) is 0 Å². The number of rotatable bonds is 4. The van der Waals surface area contributed by atoms with Gasteiger partial charge in [-0.3, -0.25) is 4.79 Å². The summed E-state index contributed by atoms with van der Waals surface area (Å²) in [6.07, 6.45) is 0. The van der Waals surface area contributed by atoms with Crippen LogP contribution in [0.3, 0.4) is 0 Å². The monoisotopic (exact) mass is 299 g/mol. The SMILES string of the molecule is Cc1cccc(NC(=O)COC(=O)c2cccc(O)c2)c1C. The number of benzene rings is 2. The van der Waals surface area contributed by atoms with Crippen LogP contribution >= 0.6 is 0 Å². The van der Waals surface area contributed by atoms with Gasteiger partial charge in [-0.05, 0) is 49.2 Å². The predicted octanol–water partition coefficient (Wildman–Crippen LogP) is 2.80. The Labute approximate surface area is 128 Å². The minimum atomic E-state index is -0.660. The summed E-state index contributed by atoms with van der Waals surface area (Å²) in [7, 11) is 0. The van der Waals surface area contributed by atoms with E-state index in [2.05, 4.69) is 5.32 Å².